The molecule has 1 aromatic carbocycles. The first-order chi connectivity index (χ1) is 9.56. The highest BCUT2D eigenvalue weighted by molar-refractivity contribution is 6.30. The molecule has 0 unspecified atom stereocenters. The van der Waals surface area contributed by atoms with Crippen molar-refractivity contribution in [3.05, 3.63) is 41.2 Å². The zero-order valence-electron chi connectivity index (χ0n) is 11.1. The molecule has 0 aliphatic heterocycles. The minimum atomic E-state index is 0.269. The van der Waals surface area contributed by atoms with E-state index in [1.54, 1.807) is 4.68 Å². The molecule has 0 aliphatic carbocycles. The monoisotopic (exact) mass is 288 g/mol. The number of anilines is 1. The molecule has 20 heavy (non-hydrogen) atoms. The van der Waals surface area contributed by atoms with Crippen molar-refractivity contribution < 1.29 is 4.52 Å². The Labute approximate surface area is 120 Å². The highest BCUT2D eigenvalue weighted by Crippen LogP contribution is 2.37. The molecule has 5 nitrogen and oxygen atoms in total. The Kier molecular flexibility index (Phi) is 2.99. The Hall–Kier alpha value is -2.27. The van der Waals surface area contributed by atoms with Crippen LogP contribution in [0.25, 0.3) is 22.4 Å². The van der Waals surface area contributed by atoms with Gasteiger partial charge in [0.05, 0.1) is 11.3 Å². The number of nitrogens with zero attached hydrogens (tertiary/aromatic N) is 3. The molecule has 0 atom stereocenters. The number of nitrogen functional groups attached to an aromatic ring is 1. The van der Waals surface area contributed by atoms with Gasteiger partial charge in [-0.3, -0.25) is 4.68 Å². The van der Waals surface area contributed by atoms with Gasteiger partial charge >= 0.3 is 0 Å². The molecule has 0 aliphatic rings. The van der Waals surface area contributed by atoms with Gasteiger partial charge in [-0.15, -0.1) is 0 Å². The molecule has 2 N–H and O–H groups in total. The fraction of sp³-hybridized carbons (Fsp3) is 0.143. The van der Waals surface area contributed by atoms with Crippen molar-refractivity contribution in [1.82, 2.24) is 14.9 Å². The molecule has 2 heterocycles. The predicted molar refractivity (Wildman–Crippen MR) is 78.3 cm³/mol. The summed E-state index contributed by atoms with van der Waals surface area (Å²) in [6.07, 6.45) is 1.89. The largest absolute Gasteiger partial charge is 0.367 e. The molecule has 0 amide bonds. The minimum absolute atomic E-state index is 0.269. The molecule has 3 aromatic rings. The third kappa shape index (κ3) is 2.06. The number of halogens is 1. The molecule has 6 heteroatoms. The summed E-state index contributed by atoms with van der Waals surface area (Å²) in [6.45, 7) is 1.92. The first-order valence-corrected chi connectivity index (χ1v) is 6.45. The predicted octanol–water partition coefficient (Wildman–Crippen LogP) is 3.29. The highest BCUT2D eigenvalue weighted by atomic mass is 35.5. The summed E-state index contributed by atoms with van der Waals surface area (Å²) in [7, 11) is 1.86. The summed E-state index contributed by atoms with van der Waals surface area (Å²) in [4.78, 5) is 0. The topological polar surface area (TPSA) is 69.9 Å². The lowest BCUT2D eigenvalue weighted by Gasteiger charge is -2.02. The number of hydrogen-bond acceptors (Lipinski definition) is 4. The van der Waals surface area contributed by atoms with Crippen LogP contribution in [0.2, 0.25) is 5.02 Å². The maximum Gasteiger partial charge on any atom is 0.230 e. The fourth-order valence-electron chi connectivity index (χ4n) is 2.24. The Morgan fingerprint density at radius 2 is 2.15 bits per heavy atom. The van der Waals surface area contributed by atoms with Gasteiger partial charge < -0.3 is 10.3 Å². The summed E-state index contributed by atoms with van der Waals surface area (Å²) >= 11 is 6.04. The molecule has 3 rings (SSSR count). The van der Waals surface area contributed by atoms with Crippen LogP contribution in [0.15, 0.2) is 35.0 Å². The number of nitrogens with two attached hydrogens (primary N) is 1. The van der Waals surface area contributed by atoms with Crippen LogP contribution in [0.5, 0.6) is 0 Å². The van der Waals surface area contributed by atoms with E-state index < -0.39 is 0 Å². The van der Waals surface area contributed by atoms with Gasteiger partial charge in [0.25, 0.3) is 0 Å². The summed E-state index contributed by atoms with van der Waals surface area (Å²) in [5.41, 5.74) is 9.96. The number of hydrogen-bond donors (Lipinski definition) is 1. The third-order valence-corrected chi connectivity index (χ3v) is 3.34. The van der Waals surface area contributed by atoms with Crippen LogP contribution in [0.1, 0.15) is 5.69 Å². The van der Waals surface area contributed by atoms with Crippen LogP contribution in [0.4, 0.5) is 5.88 Å². The zero-order chi connectivity index (χ0) is 14.3. The molecule has 0 fully saturated rings. The van der Waals surface area contributed by atoms with Crippen molar-refractivity contribution in [2.45, 2.75) is 6.92 Å². The van der Waals surface area contributed by atoms with E-state index in [0.29, 0.717) is 10.7 Å². The van der Waals surface area contributed by atoms with Crippen molar-refractivity contribution in [3.8, 4) is 22.4 Å². The normalized spacial score (nSPS) is 10.9. The van der Waals surface area contributed by atoms with Crippen LogP contribution < -0.4 is 5.73 Å². The summed E-state index contributed by atoms with van der Waals surface area (Å²) in [5, 5.41) is 9.02. The van der Waals surface area contributed by atoms with Gasteiger partial charge in [0.2, 0.25) is 5.88 Å². The average Bonchev–Trinajstić information content (AvgIpc) is 2.92. The van der Waals surface area contributed by atoms with Crippen LogP contribution in [0.3, 0.4) is 0 Å². The molecular formula is C14H13ClN4O. The van der Waals surface area contributed by atoms with Crippen LogP contribution >= 0.6 is 11.6 Å². The van der Waals surface area contributed by atoms with E-state index in [1.807, 2.05) is 44.4 Å². The van der Waals surface area contributed by atoms with Gasteiger partial charge in [-0.2, -0.15) is 5.10 Å². The number of aromatic nitrogens is 3. The Morgan fingerprint density at radius 1 is 1.35 bits per heavy atom. The van der Waals surface area contributed by atoms with Crippen molar-refractivity contribution in [2.75, 3.05) is 5.73 Å². The molecule has 0 bridgehead atoms. The second-order valence-corrected chi connectivity index (χ2v) is 5.02. The smallest absolute Gasteiger partial charge is 0.230 e. The number of benzene rings is 1. The lowest BCUT2D eigenvalue weighted by molar-refractivity contribution is 0.439. The SMILES string of the molecule is Cc1nn(C)cc1-c1noc(N)c1-c1cccc(Cl)c1. The van der Waals surface area contributed by atoms with E-state index in [9.17, 15) is 0 Å². The molecule has 0 saturated carbocycles. The van der Waals surface area contributed by atoms with Gasteiger partial charge in [-0.05, 0) is 24.6 Å². The summed E-state index contributed by atoms with van der Waals surface area (Å²) in [5.74, 6) is 0.269. The standard InChI is InChI=1S/C14H13ClN4O/c1-8-11(7-19(2)17-8)13-12(14(16)20-18-13)9-4-3-5-10(15)6-9/h3-7H,16H2,1-2H3. The number of aryl methyl sites for hydroxylation is 2. The second kappa shape index (κ2) is 4.68. The number of rotatable bonds is 2. The van der Waals surface area contributed by atoms with Crippen molar-refractivity contribution >= 4 is 17.5 Å². The molecule has 102 valence electrons. The van der Waals surface area contributed by atoms with Crippen LogP contribution in [0, 0.1) is 6.92 Å². The van der Waals surface area contributed by atoms with E-state index in [-0.39, 0.29) is 5.88 Å². The Balaban J connectivity index is 2.22. The van der Waals surface area contributed by atoms with E-state index in [2.05, 4.69) is 10.3 Å². The van der Waals surface area contributed by atoms with Gasteiger partial charge in [-0.1, -0.05) is 28.9 Å². The zero-order valence-corrected chi connectivity index (χ0v) is 11.8. The van der Waals surface area contributed by atoms with Gasteiger partial charge in [0.15, 0.2) is 0 Å². The summed E-state index contributed by atoms with van der Waals surface area (Å²) in [6, 6.07) is 7.43. The molecule has 0 saturated heterocycles. The highest BCUT2D eigenvalue weighted by Gasteiger charge is 2.20. The first kappa shape index (κ1) is 12.7. The Bertz CT molecular complexity index is 775. The Morgan fingerprint density at radius 3 is 2.80 bits per heavy atom. The summed E-state index contributed by atoms with van der Waals surface area (Å²) < 4.78 is 6.89. The minimum Gasteiger partial charge on any atom is -0.367 e. The molecular weight excluding hydrogens is 276 g/mol. The van der Waals surface area contributed by atoms with E-state index in [1.165, 1.54) is 0 Å². The maximum absolute atomic E-state index is 6.04. The molecule has 0 radical (unpaired) electrons. The lowest BCUT2D eigenvalue weighted by atomic mass is 10.0. The van der Waals surface area contributed by atoms with Crippen molar-refractivity contribution in [3.63, 3.8) is 0 Å². The van der Waals surface area contributed by atoms with Gasteiger partial charge in [-0.25, -0.2) is 0 Å². The first-order valence-electron chi connectivity index (χ1n) is 6.08. The quantitative estimate of drug-likeness (QED) is 0.785. The second-order valence-electron chi connectivity index (χ2n) is 4.58. The van der Waals surface area contributed by atoms with E-state index >= 15 is 0 Å². The van der Waals surface area contributed by atoms with E-state index in [0.717, 1.165) is 22.4 Å². The van der Waals surface area contributed by atoms with Crippen LogP contribution in [-0.4, -0.2) is 14.9 Å². The fourth-order valence-corrected chi connectivity index (χ4v) is 2.43. The van der Waals surface area contributed by atoms with E-state index in [4.69, 9.17) is 21.9 Å². The lowest BCUT2D eigenvalue weighted by Crippen LogP contribution is -1.88. The van der Waals surface area contributed by atoms with Crippen molar-refractivity contribution in [2.24, 2.45) is 7.05 Å². The molecule has 0 spiro atoms. The maximum atomic E-state index is 6.04. The molecule has 2 aromatic heterocycles. The van der Waals surface area contributed by atoms with Gasteiger partial charge in [0, 0.05) is 23.8 Å². The van der Waals surface area contributed by atoms with Crippen LogP contribution in [-0.2, 0) is 7.05 Å². The average molecular weight is 289 g/mol. The van der Waals surface area contributed by atoms with Crippen molar-refractivity contribution in [1.29, 1.82) is 0 Å². The van der Waals surface area contributed by atoms with Gasteiger partial charge in [0.1, 0.15) is 5.69 Å². The third-order valence-electron chi connectivity index (χ3n) is 3.10.